The summed E-state index contributed by atoms with van der Waals surface area (Å²) in [6.07, 6.45) is 4.98. The van der Waals surface area contributed by atoms with Gasteiger partial charge in [0, 0.05) is 44.8 Å². The number of hydrogen-bond acceptors (Lipinski definition) is 5. The molecule has 2 N–H and O–H groups in total. The van der Waals surface area contributed by atoms with Crippen LogP contribution in [0.25, 0.3) is 5.82 Å². The summed E-state index contributed by atoms with van der Waals surface area (Å²) < 4.78 is 1.62. The second-order valence-electron chi connectivity index (χ2n) is 5.97. The lowest BCUT2D eigenvalue weighted by Gasteiger charge is -2.22. The van der Waals surface area contributed by atoms with Crippen molar-refractivity contribution in [3.05, 3.63) is 42.4 Å². The molecule has 24 heavy (non-hydrogen) atoms. The average molecular weight is 328 g/mol. The molecule has 1 unspecified atom stereocenters. The van der Waals surface area contributed by atoms with Crippen LogP contribution in [-0.4, -0.2) is 69.6 Å². The molecular weight excluding hydrogens is 308 g/mol. The molecule has 1 saturated heterocycles. The first-order valence-corrected chi connectivity index (χ1v) is 7.78. The molecule has 8 nitrogen and oxygen atoms in total. The van der Waals surface area contributed by atoms with Crippen molar-refractivity contribution < 1.29 is 9.59 Å². The van der Waals surface area contributed by atoms with E-state index in [1.807, 2.05) is 11.9 Å². The molecule has 0 spiro atoms. The number of rotatable bonds is 3. The smallest absolute Gasteiger partial charge is 0.255 e. The molecule has 0 saturated carbocycles. The topological polar surface area (TPSA) is 97.3 Å². The molecule has 1 aliphatic rings. The molecule has 3 rings (SSSR count). The van der Waals surface area contributed by atoms with Crippen molar-refractivity contribution in [2.75, 3.05) is 33.2 Å². The van der Waals surface area contributed by atoms with E-state index in [-0.39, 0.29) is 17.7 Å². The fourth-order valence-electron chi connectivity index (χ4n) is 2.77. The van der Waals surface area contributed by atoms with Gasteiger partial charge in [-0.05, 0) is 25.2 Å². The summed E-state index contributed by atoms with van der Waals surface area (Å²) in [5.74, 6) is -0.246. The van der Waals surface area contributed by atoms with Gasteiger partial charge in [-0.1, -0.05) is 0 Å². The number of likely N-dealkylation sites (N-methyl/N-ethyl adjacent to an activating group) is 1. The molecule has 0 aromatic carbocycles. The fraction of sp³-hybridized carbons (Fsp3) is 0.375. The molecule has 0 bridgehead atoms. The zero-order valence-electron chi connectivity index (χ0n) is 13.5. The minimum absolute atomic E-state index is 0.143. The monoisotopic (exact) mass is 328 g/mol. The second kappa shape index (κ2) is 6.79. The van der Waals surface area contributed by atoms with Crippen LogP contribution in [0.5, 0.6) is 0 Å². The summed E-state index contributed by atoms with van der Waals surface area (Å²) >= 11 is 0. The van der Waals surface area contributed by atoms with Crippen molar-refractivity contribution in [3.8, 4) is 5.82 Å². The molecule has 0 aliphatic carbocycles. The first-order chi connectivity index (χ1) is 11.5. The molecule has 3 heterocycles. The number of carbonyl (C=O) groups is 2. The standard InChI is InChI=1S/C16H20N6O2/c1-20-7-8-21(11-13(10-20)15(17)23)16(24)12-3-4-14(18-9-12)22-6-2-5-19-22/h2-6,9,13H,7-8,10-11H2,1H3,(H2,17,23). The zero-order valence-corrected chi connectivity index (χ0v) is 13.5. The Morgan fingerprint density at radius 3 is 2.71 bits per heavy atom. The number of nitrogens with two attached hydrogens (primary N) is 1. The fourth-order valence-corrected chi connectivity index (χ4v) is 2.77. The van der Waals surface area contributed by atoms with E-state index in [1.54, 1.807) is 40.2 Å². The lowest BCUT2D eigenvalue weighted by molar-refractivity contribution is -0.122. The molecule has 2 amide bonds. The van der Waals surface area contributed by atoms with Crippen molar-refractivity contribution in [1.82, 2.24) is 24.6 Å². The van der Waals surface area contributed by atoms with Gasteiger partial charge < -0.3 is 15.5 Å². The summed E-state index contributed by atoms with van der Waals surface area (Å²) in [6, 6.07) is 5.27. The highest BCUT2D eigenvalue weighted by molar-refractivity contribution is 5.94. The quantitative estimate of drug-likeness (QED) is 0.838. The molecule has 1 aliphatic heterocycles. The van der Waals surface area contributed by atoms with Crippen molar-refractivity contribution in [1.29, 1.82) is 0 Å². The van der Waals surface area contributed by atoms with Crippen LogP contribution in [-0.2, 0) is 4.79 Å². The maximum atomic E-state index is 12.7. The Bertz CT molecular complexity index is 713. The number of primary amides is 1. The minimum Gasteiger partial charge on any atom is -0.369 e. The predicted octanol–water partition coefficient (Wildman–Crippen LogP) is -0.244. The third-order valence-electron chi connectivity index (χ3n) is 4.15. The number of pyridine rings is 1. The van der Waals surface area contributed by atoms with Gasteiger partial charge in [0.1, 0.15) is 0 Å². The average Bonchev–Trinajstić information content (AvgIpc) is 3.04. The van der Waals surface area contributed by atoms with E-state index in [0.29, 0.717) is 37.6 Å². The van der Waals surface area contributed by atoms with Crippen LogP contribution in [0.1, 0.15) is 10.4 Å². The zero-order chi connectivity index (χ0) is 17.1. The van der Waals surface area contributed by atoms with E-state index >= 15 is 0 Å². The lowest BCUT2D eigenvalue weighted by atomic mass is 10.1. The largest absolute Gasteiger partial charge is 0.369 e. The summed E-state index contributed by atoms with van der Waals surface area (Å²) in [4.78, 5) is 32.3. The van der Waals surface area contributed by atoms with Crippen LogP contribution in [0.3, 0.4) is 0 Å². The Kier molecular flexibility index (Phi) is 4.57. The van der Waals surface area contributed by atoms with Crippen LogP contribution < -0.4 is 5.73 Å². The highest BCUT2D eigenvalue weighted by Gasteiger charge is 2.28. The predicted molar refractivity (Wildman–Crippen MR) is 87.4 cm³/mol. The van der Waals surface area contributed by atoms with Crippen LogP contribution in [0, 0.1) is 5.92 Å². The van der Waals surface area contributed by atoms with E-state index < -0.39 is 0 Å². The summed E-state index contributed by atoms with van der Waals surface area (Å²) in [6.45, 7) is 2.16. The maximum Gasteiger partial charge on any atom is 0.255 e. The Morgan fingerprint density at radius 2 is 2.08 bits per heavy atom. The van der Waals surface area contributed by atoms with Gasteiger partial charge in [-0.3, -0.25) is 9.59 Å². The van der Waals surface area contributed by atoms with Gasteiger partial charge in [0.25, 0.3) is 5.91 Å². The molecule has 2 aromatic rings. The molecule has 0 radical (unpaired) electrons. The van der Waals surface area contributed by atoms with Crippen LogP contribution in [0.2, 0.25) is 0 Å². The highest BCUT2D eigenvalue weighted by atomic mass is 16.2. The van der Waals surface area contributed by atoms with Crippen LogP contribution >= 0.6 is 0 Å². The second-order valence-corrected chi connectivity index (χ2v) is 5.97. The lowest BCUT2D eigenvalue weighted by Crippen LogP contribution is -2.40. The summed E-state index contributed by atoms with van der Waals surface area (Å²) in [5, 5.41) is 4.10. The van der Waals surface area contributed by atoms with Crippen LogP contribution in [0.4, 0.5) is 0 Å². The third kappa shape index (κ3) is 3.43. The Balaban J connectivity index is 1.76. The molecule has 126 valence electrons. The van der Waals surface area contributed by atoms with Crippen molar-refractivity contribution >= 4 is 11.8 Å². The van der Waals surface area contributed by atoms with Gasteiger partial charge in [-0.25, -0.2) is 9.67 Å². The number of hydrogen-bond donors (Lipinski definition) is 1. The van der Waals surface area contributed by atoms with Gasteiger partial charge in [0.05, 0.1) is 11.5 Å². The van der Waals surface area contributed by atoms with Gasteiger partial charge in [-0.2, -0.15) is 5.10 Å². The van der Waals surface area contributed by atoms with Gasteiger partial charge in [-0.15, -0.1) is 0 Å². The number of nitrogens with zero attached hydrogens (tertiary/aromatic N) is 5. The van der Waals surface area contributed by atoms with Crippen molar-refractivity contribution in [2.45, 2.75) is 0 Å². The third-order valence-corrected chi connectivity index (χ3v) is 4.15. The first-order valence-electron chi connectivity index (χ1n) is 7.78. The maximum absolute atomic E-state index is 12.7. The van der Waals surface area contributed by atoms with Gasteiger partial charge in [0.2, 0.25) is 5.91 Å². The Morgan fingerprint density at radius 1 is 1.25 bits per heavy atom. The SMILES string of the molecule is CN1CCN(C(=O)c2ccc(-n3cccn3)nc2)CC(C(N)=O)C1. The van der Waals surface area contributed by atoms with E-state index in [9.17, 15) is 9.59 Å². The number of aromatic nitrogens is 3. The molecular formula is C16H20N6O2. The molecule has 2 aromatic heterocycles. The molecule has 1 atom stereocenters. The first kappa shape index (κ1) is 16.1. The van der Waals surface area contributed by atoms with Crippen molar-refractivity contribution in [3.63, 3.8) is 0 Å². The number of amides is 2. The summed E-state index contributed by atoms with van der Waals surface area (Å²) in [5.41, 5.74) is 5.93. The Hall–Kier alpha value is -2.74. The number of carbonyl (C=O) groups excluding carboxylic acids is 2. The molecule has 8 heteroatoms. The van der Waals surface area contributed by atoms with E-state index in [1.165, 1.54) is 6.20 Å². The van der Waals surface area contributed by atoms with E-state index in [4.69, 9.17) is 5.73 Å². The van der Waals surface area contributed by atoms with Gasteiger partial charge in [0.15, 0.2) is 5.82 Å². The normalized spacial score (nSPS) is 19.0. The van der Waals surface area contributed by atoms with Crippen molar-refractivity contribution in [2.24, 2.45) is 11.7 Å². The summed E-state index contributed by atoms with van der Waals surface area (Å²) in [7, 11) is 1.92. The highest BCUT2D eigenvalue weighted by Crippen LogP contribution is 2.13. The van der Waals surface area contributed by atoms with Crippen LogP contribution in [0.15, 0.2) is 36.8 Å². The van der Waals surface area contributed by atoms with E-state index in [2.05, 4.69) is 10.1 Å². The minimum atomic E-state index is -0.381. The molecule has 1 fully saturated rings. The van der Waals surface area contributed by atoms with Gasteiger partial charge >= 0.3 is 0 Å². The van der Waals surface area contributed by atoms with E-state index in [0.717, 1.165) is 0 Å². The Labute approximate surface area is 139 Å².